The maximum absolute atomic E-state index is 9.51. The Morgan fingerprint density at radius 2 is 0.898 bits per heavy atom. The Bertz CT molecular complexity index is 3470. The largest absolute Gasteiger partial charge is 0.456 e. The number of nitriles is 1. The van der Waals surface area contributed by atoms with Crippen LogP contribution >= 0.6 is 0 Å². The Hall–Kier alpha value is -8.13. The third-order valence-corrected chi connectivity index (χ3v) is 11.9. The highest BCUT2D eigenvalue weighted by Crippen LogP contribution is 2.49. The third-order valence-electron chi connectivity index (χ3n) is 11.9. The Kier molecular flexibility index (Phi) is 7.26. The van der Waals surface area contributed by atoms with Gasteiger partial charge in [-0.3, -0.25) is 9.97 Å². The van der Waals surface area contributed by atoms with Gasteiger partial charge < -0.3 is 4.74 Å². The third kappa shape index (κ3) is 5.23. The van der Waals surface area contributed by atoms with Crippen molar-refractivity contribution in [2.45, 2.75) is 0 Å². The molecule has 3 heterocycles. The lowest BCUT2D eigenvalue weighted by molar-refractivity contribution is 0.487. The molecule has 0 radical (unpaired) electrons. The molecule has 2 aromatic heterocycles. The van der Waals surface area contributed by atoms with Gasteiger partial charge in [-0.25, -0.2) is 0 Å². The molecule has 9 aromatic carbocycles. The van der Waals surface area contributed by atoms with Crippen LogP contribution in [0.25, 0.3) is 110 Å². The molecule has 0 saturated heterocycles. The van der Waals surface area contributed by atoms with Gasteiger partial charge in [-0.05, 0) is 149 Å². The fraction of sp³-hybridized carbons (Fsp3) is 0. The maximum Gasteiger partial charge on any atom is 0.136 e. The van der Waals surface area contributed by atoms with Gasteiger partial charge in [-0.2, -0.15) is 5.26 Å². The molecule has 11 aromatic rings. The molecule has 12 rings (SSSR count). The topological polar surface area (TPSA) is 58.8 Å². The summed E-state index contributed by atoms with van der Waals surface area (Å²) in [5.41, 5.74) is 13.6. The summed E-state index contributed by atoms with van der Waals surface area (Å²) in [4.78, 5) is 9.44. The predicted molar refractivity (Wildman–Crippen MR) is 241 cm³/mol. The minimum atomic E-state index is 0.585. The second-order valence-electron chi connectivity index (χ2n) is 15.2. The van der Waals surface area contributed by atoms with Gasteiger partial charge in [-0.15, -0.1) is 0 Å². The number of nitrogens with zero attached hydrogens (tertiary/aromatic N) is 3. The molecule has 4 heteroatoms. The number of fused-ring (bicyclic) bond motifs is 2. The van der Waals surface area contributed by atoms with Crippen LogP contribution in [0.1, 0.15) is 5.56 Å². The number of aromatic nitrogens is 2. The van der Waals surface area contributed by atoms with Crippen LogP contribution in [0.3, 0.4) is 0 Å². The molecule has 0 saturated carbocycles. The van der Waals surface area contributed by atoms with Crippen molar-refractivity contribution in [3.63, 3.8) is 0 Å². The highest BCUT2D eigenvalue weighted by atomic mass is 16.5. The fourth-order valence-corrected chi connectivity index (χ4v) is 9.26. The highest BCUT2D eigenvalue weighted by Gasteiger charge is 2.23. The lowest BCUT2D eigenvalue weighted by atomic mass is 9.86. The second-order valence-corrected chi connectivity index (χ2v) is 15.2. The lowest BCUT2D eigenvalue weighted by Crippen LogP contribution is -1.98. The first-order chi connectivity index (χ1) is 29.2. The summed E-state index contributed by atoms with van der Waals surface area (Å²) >= 11 is 0. The number of benzene rings is 9. The molecule has 0 fully saturated rings. The van der Waals surface area contributed by atoms with Gasteiger partial charge in [0.1, 0.15) is 11.5 Å². The van der Waals surface area contributed by atoms with Crippen molar-refractivity contribution in [3.05, 3.63) is 194 Å². The molecule has 0 bridgehead atoms. The van der Waals surface area contributed by atoms with Gasteiger partial charge in [0.2, 0.25) is 0 Å². The molecular weight excluding hydrogens is 719 g/mol. The van der Waals surface area contributed by atoms with Crippen LogP contribution in [-0.4, -0.2) is 9.97 Å². The van der Waals surface area contributed by atoms with Crippen molar-refractivity contribution in [1.29, 1.82) is 5.26 Å². The van der Waals surface area contributed by atoms with E-state index in [2.05, 4.69) is 133 Å². The molecule has 1 aliphatic heterocycles. The van der Waals surface area contributed by atoms with E-state index in [0.29, 0.717) is 11.3 Å². The van der Waals surface area contributed by atoms with E-state index >= 15 is 0 Å². The van der Waals surface area contributed by atoms with E-state index in [1.807, 2.05) is 60.9 Å². The van der Waals surface area contributed by atoms with Crippen molar-refractivity contribution in [1.82, 2.24) is 9.97 Å². The van der Waals surface area contributed by atoms with E-state index in [-0.39, 0.29) is 0 Å². The summed E-state index contributed by atoms with van der Waals surface area (Å²) in [6.45, 7) is 0. The molecule has 0 unspecified atom stereocenters. The number of hydrogen-bond donors (Lipinski definition) is 0. The molecule has 0 atom stereocenters. The van der Waals surface area contributed by atoms with Crippen molar-refractivity contribution < 1.29 is 4.74 Å². The van der Waals surface area contributed by atoms with Gasteiger partial charge in [0, 0.05) is 34.5 Å². The Balaban J connectivity index is 1.01. The maximum atomic E-state index is 9.51. The zero-order chi connectivity index (χ0) is 39.0. The van der Waals surface area contributed by atoms with Crippen molar-refractivity contribution in [3.8, 4) is 84.6 Å². The normalized spacial score (nSPS) is 11.8. The van der Waals surface area contributed by atoms with Gasteiger partial charge >= 0.3 is 0 Å². The van der Waals surface area contributed by atoms with Gasteiger partial charge in [0.15, 0.2) is 0 Å². The molecular formula is C55H31N3O. The van der Waals surface area contributed by atoms with E-state index in [9.17, 15) is 5.26 Å². The van der Waals surface area contributed by atoms with Crippen LogP contribution in [0.4, 0.5) is 0 Å². The molecule has 59 heavy (non-hydrogen) atoms. The summed E-state index contributed by atoms with van der Waals surface area (Å²) in [6.07, 6.45) is 3.70. The fourth-order valence-electron chi connectivity index (χ4n) is 9.26. The number of hydrogen-bond acceptors (Lipinski definition) is 4. The van der Waals surface area contributed by atoms with Crippen molar-refractivity contribution in [2.24, 2.45) is 0 Å². The molecule has 272 valence electrons. The Morgan fingerprint density at radius 1 is 0.373 bits per heavy atom. The number of pyridine rings is 2. The molecule has 4 nitrogen and oxygen atoms in total. The first-order valence-corrected chi connectivity index (χ1v) is 19.8. The summed E-state index contributed by atoms with van der Waals surface area (Å²) in [7, 11) is 0. The first kappa shape index (κ1) is 33.1. The van der Waals surface area contributed by atoms with Crippen LogP contribution in [0.15, 0.2) is 188 Å². The molecule has 0 spiro atoms. The average molecular weight is 750 g/mol. The highest BCUT2D eigenvalue weighted by molar-refractivity contribution is 6.27. The average Bonchev–Trinajstić information content (AvgIpc) is 3.31. The molecule has 0 N–H and O–H groups in total. The zero-order valence-electron chi connectivity index (χ0n) is 31.6. The van der Waals surface area contributed by atoms with Gasteiger partial charge in [0.25, 0.3) is 0 Å². The monoisotopic (exact) mass is 749 g/mol. The minimum Gasteiger partial charge on any atom is -0.456 e. The summed E-state index contributed by atoms with van der Waals surface area (Å²) in [6, 6.07) is 64.5. The number of rotatable bonds is 5. The van der Waals surface area contributed by atoms with Crippen LogP contribution < -0.4 is 4.74 Å². The first-order valence-electron chi connectivity index (χ1n) is 19.8. The number of ether oxygens (including phenoxy) is 1. The van der Waals surface area contributed by atoms with Gasteiger partial charge in [0.05, 0.1) is 23.0 Å². The van der Waals surface area contributed by atoms with Crippen LogP contribution in [0, 0.1) is 11.3 Å². The van der Waals surface area contributed by atoms with Crippen LogP contribution in [0.2, 0.25) is 0 Å². The molecule has 1 aliphatic rings. The zero-order valence-corrected chi connectivity index (χ0v) is 31.6. The van der Waals surface area contributed by atoms with Gasteiger partial charge in [-0.1, -0.05) is 103 Å². The second kappa shape index (κ2) is 13.0. The molecule has 0 aliphatic carbocycles. The SMILES string of the molecule is N#Cc1ccc2c(c1)Oc1cccc3c(-c4cccc(-c5ccc6ccc7c(-c8cc(-c9ccccn9)cc(-c9ccccn9)c8)ccc8ccc5c6c87)c4)ccc-2c13. The van der Waals surface area contributed by atoms with Crippen molar-refractivity contribution >= 4 is 43.1 Å². The van der Waals surface area contributed by atoms with E-state index in [1.54, 1.807) is 0 Å². The Labute approximate surface area is 340 Å². The quantitative estimate of drug-likeness (QED) is 0.164. The summed E-state index contributed by atoms with van der Waals surface area (Å²) < 4.78 is 6.41. The van der Waals surface area contributed by atoms with Crippen LogP contribution in [0.5, 0.6) is 11.5 Å². The minimum absolute atomic E-state index is 0.585. The summed E-state index contributed by atoms with van der Waals surface area (Å²) in [5, 5.41) is 19.2. The van der Waals surface area contributed by atoms with Crippen molar-refractivity contribution in [2.75, 3.05) is 0 Å². The molecule has 0 amide bonds. The van der Waals surface area contributed by atoms with E-state index < -0.39 is 0 Å². The summed E-state index contributed by atoms with van der Waals surface area (Å²) in [5.74, 6) is 1.52. The smallest absolute Gasteiger partial charge is 0.136 e. The van der Waals surface area contributed by atoms with E-state index in [4.69, 9.17) is 14.7 Å². The lowest BCUT2D eigenvalue weighted by Gasteiger charge is -2.23. The van der Waals surface area contributed by atoms with E-state index in [1.165, 1.54) is 43.4 Å². The predicted octanol–water partition coefficient (Wildman–Crippen LogP) is 14.5. The Morgan fingerprint density at radius 3 is 1.53 bits per heavy atom. The van der Waals surface area contributed by atoms with Crippen LogP contribution in [-0.2, 0) is 0 Å². The standard InChI is InChI=1S/C55H31N3O/c56-32-33-13-18-44-48-24-23-42(45-9-6-12-51(55(45)48)59-52(44)27-33)37-8-5-7-36(28-37)41-19-14-34-17-22-47-43(20-15-35-16-21-46(41)53(34)54(35)47)38-29-39(49-10-1-3-25-57-49)31-40(30-38)50-11-2-4-26-58-50/h1-31H. The van der Waals surface area contributed by atoms with E-state index in [0.717, 1.165) is 72.4 Å².